The second-order valence-corrected chi connectivity index (χ2v) is 33.0. The third-order valence-corrected chi connectivity index (χ3v) is 26.3. The van der Waals surface area contributed by atoms with Crippen LogP contribution in [0.25, 0.3) is 0 Å². The molecule has 12 rings (SSSR count). The second kappa shape index (κ2) is 29.6. The van der Waals surface area contributed by atoms with Gasteiger partial charge in [-0.2, -0.15) is 0 Å². The van der Waals surface area contributed by atoms with Gasteiger partial charge in [0.25, 0.3) is 0 Å². The normalized spacial score (nSPS) is 55.6. The number of esters is 1. The van der Waals surface area contributed by atoms with Crippen molar-refractivity contribution in [2.24, 2.45) is 50.2 Å². The van der Waals surface area contributed by atoms with E-state index in [2.05, 4.69) is 40.7 Å². The van der Waals surface area contributed by atoms with Gasteiger partial charge in [0.15, 0.2) is 43.8 Å². The highest BCUT2D eigenvalue weighted by Gasteiger charge is 2.72. The fourth-order valence-corrected chi connectivity index (χ4v) is 19.9. The summed E-state index contributed by atoms with van der Waals surface area (Å²) in [6.07, 6.45) is -45.0. The first-order valence-electron chi connectivity index (χ1n) is 35.9. The number of ether oxygens (including phenoxy) is 14. The summed E-state index contributed by atoms with van der Waals surface area (Å²) in [7, 11) is 0. The summed E-state index contributed by atoms with van der Waals surface area (Å²) in [5.74, 6) is -1.50. The predicted molar refractivity (Wildman–Crippen MR) is 337 cm³/mol. The Balaban J connectivity index is 0.771. The van der Waals surface area contributed by atoms with Crippen LogP contribution in [0.1, 0.15) is 113 Å². The number of carbonyl (C=O) groups excluding carboxylic acids is 1. The van der Waals surface area contributed by atoms with E-state index in [0.717, 1.165) is 5.57 Å². The molecule has 0 aromatic rings. The van der Waals surface area contributed by atoms with Gasteiger partial charge in [0, 0.05) is 5.41 Å². The molecule has 12 aliphatic rings. The highest BCUT2D eigenvalue weighted by atomic mass is 16.8. The minimum Gasteiger partial charge on any atom is -0.432 e. The molecule has 102 heavy (non-hydrogen) atoms. The van der Waals surface area contributed by atoms with Gasteiger partial charge in [-0.3, -0.25) is 4.79 Å². The lowest BCUT2D eigenvalue weighted by Crippen LogP contribution is -2.70. The molecule has 19 N–H and O–H groups in total. The Morgan fingerprint density at radius 1 is 0.490 bits per heavy atom. The van der Waals surface area contributed by atoms with Crippen LogP contribution < -0.4 is 0 Å². The van der Waals surface area contributed by atoms with Crippen molar-refractivity contribution in [3.8, 4) is 0 Å². The van der Waals surface area contributed by atoms with Crippen LogP contribution in [-0.2, 0) is 71.1 Å². The number of aliphatic hydroxyl groups is 19. The average Bonchev–Trinajstić information content (AvgIpc) is 0.746. The maximum atomic E-state index is 15.7. The van der Waals surface area contributed by atoms with Crippen LogP contribution in [-0.4, -0.2) is 345 Å². The SMILES string of the molecule is C[C@@H]1O[C@@H](O[C@@H]2[C@@H](O)[C@H](O[C@@H]3[C@@H](O[C@@H]4OC[C@](O)(CO)[C@H]4O)[C@@H](O)[C@H](O[C@H]4[C@H](OC(=O)[C@]56CCC(C)(C)C[C@H]5C5=CC[C@H]7[C@@]8(C)C[C@H](O)[C@H](O[C@@H]9O[C@H](CO)[C@@H](O)[C@H](O[C@@H]%10OC[C@@H](O)[C@H](O)[C@H]%10O)[C@H]9O)[C@@](C)(CO)[C@H]8CC[C@@]7(C)[C@]5(C)CC6)OC[C@H](O)[C@H]4O)O[C@H]3C)OC[C@H]2O)[C@H](O)[C@H](O)[C@H]1O. The van der Waals surface area contributed by atoms with Crippen LogP contribution in [0.5, 0.6) is 0 Å². The summed E-state index contributed by atoms with van der Waals surface area (Å²) in [5, 5.41) is 211. The van der Waals surface area contributed by atoms with Crippen LogP contribution in [0, 0.1) is 50.2 Å². The van der Waals surface area contributed by atoms with Gasteiger partial charge in [-0.25, -0.2) is 0 Å². The van der Waals surface area contributed by atoms with Gasteiger partial charge >= 0.3 is 5.97 Å². The fourth-order valence-electron chi connectivity index (χ4n) is 19.9. The number of allylic oxidation sites excluding steroid dienone is 2. The Bertz CT molecular complexity index is 2920. The molecule has 0 radical (unpaired) electrons. The van der Waals surface area contributed by atoms with Crippen LogP contribution in [0.15, 0.2) is 11.6 Å². The number of hydrogen-bond donors (Lipinski definition) is 19. The molecule has 0 aromatic heterocycles. The summed E-state index contributed by atoms with van der Waals surface area (Å²) in [4.78, 5) is 15.7. The molecule has 0 unspecified atom stereocenters. The van der Waals surface area contributed by atoms with Crippen molar-refractivity contribution < 1.29 is 168 Å². The van der Waals surface area contributed by atoms with E-state index >= 15 is 4.79 Å². The molecule has 0 amide bonds. The first-order valence-corrected chi connectivity index (χ1v) is 35.9. The van der Waals surface area contributed by atoms with Gasteiger partial charge in [-0.15, -0.1) is 0 Å². The zero-order valence-electron chi connectivity index (χ0n) is 58.6. The molecule has 0 bridgehead atoms. The van der Waals surface area contributed by atoms with Crippen molar-refractivity contribution in [1.29, 1.82) is 0 Å². The zero-order chi connectivity index (χ0) is 74.2. The lowest BCUT2D eigenvalue weighted by atomic mass is 9.33. The Kier molecular flexibility index (Phi) is 23.1. The van der Waals surface area contributed by atoms with Crippen molar-refractivity contribution >= 4 is 5.97 Å². The van der Waals surface area contributed by atoms with Crippen molar-refractivity contribution in [2.75, 3.05) is 46.2 Å². The quantitative estimate of drug-likeness (QED) is 0.0366. The Labute approximate surface area is 589 Å². The average molecular weight is 1470 g/mol. The second-order valence-electron chi connectivity index (χ2n) is 33.0. The standard InChI is InChI=1S/C68H110O34/c1-26-37(76)41(80)43(82)56(93-26)97-48-33(75)22-90-55(44(48)83)96-47-27(2)94-57(46(85)50(47)99-60-52(86)68(88,24-71)25-92-60)100-51-39(78)32(74)21-91-59(51)102-61(87)67-15-13-62(3,4)17-29(67)28-9-10-36-63(5)18-30(72)53(64(6,23-70)35(63)11-12-66(36,8)65(28,7)14-16-67)101-58-45(84)49(40(79)34(19-69)95-58)98-54-42(81)38(77)31(73)20-89-54/h9,26-27,29-60,69-86,88H,10-25H2,1-8H3/t26-,27-,29-,30-,31+,32-,33+,34+,35-,36-,37-,38-,39+,40+,41+,42+,43+,44+,45+,46+,47-,48-,49-,50-,51+,52-,53-,54-,55-,56-,57-,58-,59-,60-,63-,64-,65+,66+,67-,68+/m0/s1. The van der Waals surface area contributed by atoms with E-state index in [9.17, 15) is 97.0 Å². The molecule has 34 nitrogen and oxygen atoms in total. The van der Waals surface area contributed by atoms with E-state index in [4.69, 9.17) is 66.3 Å². The lowest BCUT2D eigenvalue weighted by molar-refractivity contribution is -0.387. The van der Waals surface area contributed by atoms with Crippen molar-refractivity contribution in [1.82, 2.24) is 0 Å². The first-order chi connectivity index (χ1) is 47.9. The lowest BCUT2D eigenvalue weighted by Gasteiger charge is -2.72. The van der Waals surface area contributed by atoms with E-state index in [1.807, 2.05) is 6.92 Å². The summed E-state index contributed by atoms with van der Waals surface area (Å²) in [6, 6.07) is 0. The van der Waals surface area contributed by atoms with Crippen molar-refractivity contribution in [3.05, 3.63) is 11.6 Å². The monoisotopic (exact) mass is 1470 g/mol. The molecular weight excluding hydrogens is 1360 g/mol. The Morgan fingerprint density at radius 2 is 1.05 bits per heavy atom. The predicted octanol–water partition coefficient (Wildman–Crippen LogP) is -6.01. The molecule has 586 valence electrons. The van der Waals surface area contributed by atoms with E-state index in [1.165, 1.54) is 13.8 Å². The largest absolute Gasteiger partial charge is 0.432 e. The van der Waals surface area contributed by atoms with Gasteiger partial charge in [0.2, 0.25) is 6.29 Å². The third kappa shape index (κ3) is 13.5. The van der Waals surface area contributed by atoms with E-state index in [-0.39, 0.29) is 23.7 Å². The molecule has 0 spiro atoms. The summed E-state index contributed by atoms with van der Waals surface area (Å²) in [6.45, 7) is 11.2. The molecule has 5 aliphatic carbocycles. The van der Waals surface area contributed by atoms with Crippen LogP contribution >= 0.6 is 0 Å². The summed E-state index contributed by atoms with van der Waals surface area (Å²) < 4.78 is 83.9. The molecule has 4 saturated carbocycles. The Hall–Kier alpha value is -2.07. The van der Waals surface area contributed by atoms with E-state index in [0.29, 0.717) is 51.4 Å². The highest BCUT2D eigenvalue weighted by Crippen LogP contribution is 2.76. The maximum absolute atomic E-state index is 15.7. The number of carbonyl (C=O) groups is 1. The minimum absolute atomic E-state index is 0.120. The molecule has 7 aliphatic heterocycles. The van der Waals surface area contributed by atoms with Gasteiger partial charge in [0.1, 0.15) is 122 Å². The van der Waals surface area contributed by atoms with Crippen LogP contribution in [0.3, 0.4) is 0 Å². The third-order valence-electron chi connectivity index (χ3n) is 26.3. The smallest absolute Gasteiger partial charge is 0.315 e. The molecule has 7 heterocycles. The molecular formula is C68H110O34. The van der Waals surface area contributed by atoms with E-state index < -0.39 is 281 Å². The molecule has 7 saturated heterocycles. The van der Waals surface area contributed by atoms with Crippen LogP contribution in [0.2, 0.25) is 0 Å². The number of aliphatic hydroxyl groups excluding tert-OH is 18. The summed E-state index contributed by atoms with van der Waals surface area (Å²) >= 11 is 0. The molecule has 11 fully saturated rings. The van der Waals surface area contributed by atoms with Gasteiger partial charge in [-0.05, 0) is 111 Å². The zero-order valence-corrected chi connectivity index (χ0v) is 58.6. The molecule has 40 atom stereocenters. The molecule has 0 aromatic carbocycles. The Morgan fingerprint density at radius 3 is 1.72 bits per heavy atom. The van der Waals surface area contributed by atoms with Crippen molar-refractivity contribution in [2.45, 2.75) is 309 Å². The highest BCUT2D eigenvalue weighted by molar-refractivity contribution is 5.79. The topological polar surface area (TPSA) is 531 Å². The molecule has 34 heteroatoms. The fraction of sp³-hybridized carbons (Fsp3) is 0.956. The van der Waals surface area contributed by atoms with Gasteiger partial charge in [0.05, 0.1) is 76.1 Å². The maximum Gasteiger partial charge on any atom is 0.315 e. The van der Waals surface area contributed by atoms with Crippen molar-refractivity contribution in [3.63, 3.8) is 0 Å². The van der Waals surface area contributed by atoms with Gasteiger partial charge in [-0.1, -0.05) is 53.2 Å². The van der Waals surface area contributed by atoms with E-state index in [1.54, 1.807) is 0 Å². The number of hydrogen-bond acceptors (Lipinski definition) is 34. The van der Waals surface area contributed by atoms with Gasteiger partial charge < -0.3 is 163 Å². The van der Waals surface area contributed by atoms with Crippen LogP contribution in [0.4, 0.5) is 0 Å². The number of rotatable bonds is 17. The minimum atomic E-state index is -2.24. The number of fused-ring (bicyclic) bond motifs is 7. The summed E-state index contributed by atoms with van der Waals surface area (Å²) in [5.41, 5.74) is -5.54. The first kappa shape index (κ1) is 79.5.